The van der Waals surface area contributed by atoms with Gasteiger partial charge in [-0.3, -0.25) is 4.79 Å². The van der Waals surface area contributed by atoms with E-state index in [2.05, 4.69) is 34.7 Å². The molecule has 2 heterocycles. The molecule has 0 spiro atoms. The second kappa shape index (κ2) is 5.52. The van der Waals surface area contributed by atoms with E-state index in [-0.39, 0.29) is 4.75 Å². The largest absolute Gasteiger partial charge is 0.341 e. The predicted molar refractivity (Wildman–Crippen MR) is 77.8 cm³/mol. The van der Waals surface area contributed by atoms with Crippen molar-refractivity contribution >= 4 is 33.6 Å². The summed E-state index contributed by atoms with van der Waals surface area (Å²) in [6, 6.07) is 0. The number of carbonyl (C=O) groups is 1. The summed E-state index contributed by atoms with van der Waals surface area (Å²) in [5, 5.41) is 0. The molecule has 0 aliphatic carbocycles. The zero-order valence-electron chi connectivity index (χ0n) is 10.7. The smallest absolute Gasteiger partial charge is 0.238 e. The monoisotopic (exact) mass is 319 g/mol. The van der Waals surface area contributed by atoms with Crippen LogP contribution in [-0.4, -0.2) is 39.2 Å². The fourth-order valence-electron chi connectivity index (χ4n) is 2.84. The van der Waals surface area contributed by atoms with Gasteiger partial charge in [-0.05, 0) is 44.3 Å². The highest BCUT2D eigenvalue weighted by Crippen LogP contribution is 2.40. The molecule has 2 aliphatic heterocycles. The van der Waals surface area contributed by atoms with Crippen LogP contribution in [0.2, 0.25) is 0 Å². The van der Waals surface area contributed by atoms with Gasteiger partial charge in [-0.2, -0.15) is 0 Å². The van der Waals surface area contributed by atoms with Crippen molar-refractivity contribution in [2.24, 2.45) is 5.92 Å². The van der Waals surface area contributed by atoms with Crippen LogP contribution in [0.5, 0.6) is 0 Å². The number of likely N-dealkylation sites (tertiary alicyclic amines) is 1. The molecule has 0 aromatic rings. The molecule has 1 amide bonds. The van der Waals surface area contributed by atoms with Crippen molar-refractivity contribution in [2.45, 2.75) is 49.1 Å². The van der Waals surface area contributed by atoms with Crippen LogP contribution in [0.1, 0.15) is 39.5 Å². The third-order valence-corrected chi connectivity index (χ3v) is 6.40. The van der Waals surface area contributed by atoms with E-state index in [1.807, 2.05) is 11.8 Å². The van der Waals surface area contributed by atoms with Crippen LogP contribution in [0, 0.1) is 5.92 Å². The third-order valence-electron chi connectivity index (χ3n) is 4.15. The molecule has 2 fully saturated rings. The topological polar surface area (TPSA) is 20.3 Å². The lowest BCUT2D eigenvalue weighted by Crippen LogP contribution is -2.48. The first-order chi connectivity index (χ1) is 8.03. The normalized spacial score (nSPS) is 32.8. The Morgan fingerprint density at radius 3 is 2.59 bits per heavy atom. The van der Waals surface area contributed by atoms with Crippen LogP contribution in [0.15, 0.2) is 0 Å². The Kier molecular flexibility index (Phi) is 4.45. The molecule has 4 heteroatoms. The highest BCUT2D eigenvalue weighted by molar-refractivity contribution is 9.09. The highest BCUT2D eigenvalue weighted by Gasteiger charge is 2.40. The molecular weight excluding hydrogens is 298 g/mol. The van der Waals surface area contributed by atoms with E-state index < -0.39 is 0 Å². The van der Waals surface area contributed by atoms with E-state index in [1.165, 1.54) is 6.42 Å². The van der Waals surface area contributed by atoms with Gasteiger partial charge in [0.15, 0.2) is 0 Å². The summed E-state index contributed by atoms with van der Waals surface area (Å²) >= 11 is 5.52. The van der Waals surface area contributed by atoms with Crippen LogP contribution in [0.3, 0.4) is 0 Å². The van der Waals surface area contributed by atoms with Crippen LogP contribution < -0.4 is 0 Å². The number of thioether (sulfide) groups is 1. The number of amides is 1. The highest BCUT2D eigenvalue weighted by atomic mass is 79.9. The van der Waals surface area contributed by atoms with Gasteiger partial charge in [-0.15, -0.1) is 11.8 Å². The van der Waals surface area contributed by atoms with Crippen LogP contribution in [0.4, 0.5) is 0 Å². The third kappa shape index (κ3) is 3.01. The lowest BCUT2D eigenvalue weighted by Gasteiger charge is -2.37. The van der Waals surface area contributed by atoms with Crippen molar-refractivity contribution in [2.75, 3.05) is 18.8 Å². The molecule has 2 aliphatic rings. The minimum Gasteiger partial charge on any atom is -0.341 e. The van der Waals surface area contributed by atoms with Gasteiger partial charge in [0, 0.05) is 17.9 Å². The van der Waals surface area contributed by atoms with E-state index in [9.17, 15) is 4.79 Å². The molecule has 2 nitrogen and oxygen atoms in total. The van der Waals surface area contributed by atoms with Gasteiger partial charge in [0.05, 0.1) is 4.75 Å². The first kappa shape index (κ1) is 13.7. The first-order valence-corrected chi connectivity index (χ1v) is 8.50. The van der Waals surface area contributed by atoms with Crippen molar-refractivity contribution < 1.29 is 4.79 Å². The van der Waals surface area contributed by atoms with Gasteiger partial charge >= 0.3 is 0 Å². The summed E-state index contributed by atoms with van der Waals surface area (Å²) in [5.41, 5.74) is 0. The van der Waals surface area contributed by atoms with Gasteiger partial charge in [-0.25, -0.2) is 0 Å². The minimum atomic E-state index is -0.118. The number of hydrogen-bond donors (Lipinski definition) is 0. The van der Waals surface area contributed by atoms with Crippen molar-refractivity contribution in [3.05, 3.63) is 0 Å². The molecule has 0 saturated carbocycles. The number of alkyl halides is 1. The Labute approximate surface area is 117 Å². The molecule has 2 atom stereocenters. The lowest BCUT2D eigenvalue weighted by molar-refractivity contribution is -0.134. The molecular formula is C13H22BrNOS. The summed E-state index contributed by atoms with van der Waals surface area (Å²) in [7, 11) is 0. The lowest BCUT2D eigenvalue weighted by atomic mass is 9.93. The standard InChI is InChI=1S/C13H22BrNOS/c1-10(14)11-4-7-15(8-5-11)12(16)13(2)6-3-9-17-13/h10-11H,3-9H2,1-2H3. The number of piperidine rings is 1. The summed E-state index contributed by atoms with van der Waals surface area (Å²) < 4.78 is -0.118. The summed E-state index contributed by atoms with van der Waals surface area (Å²) in [5.74, 6) is 2.28. The van der Waals surface area contributed by atoms with Gasteiger partial charge in [0.1, 0.15) is 0 Å². The predicted octanol–water partition coefficient (Wildman–Crippen LogP) is 3.29. The van der Waals surface area contributed by atoms with Crippen molar-refractivity contribution in [3.8, 4) is 0 Å². The molecule has 0 N–H and O–H groups in total. The summed E-state index contributed by atoms with van der Waals surface area (Å²) in [4.78, 5) is 15.2. The molecule has 17 heavy (non-hydrogen) atoms. The molecule has 98 valence electrons. The fraction of sp³-hybridized carbons (Fsp3) is 0.923. The maximum absolute atomic E-state index is 12.5. The van der Waals surface area contributed by atoms with Crippen molar-refractivity contribution in [1.82, 2.24) is 4.90 Å². The summed E-state index contributed by atoms with van der Waals surface area (Å²) in [6.07, 6.45) is 4.56. The molecule has 2 unspecified atom stereocenters. The average Bonchev–Trinajstić information content (AvgIpc) is 2.76. The number of halogens is 1. The molecule has 0 bridgehead atoms. The average molecular weight is 320 g/mol. The molecule has 0 radical (unpaired) electrons. The van der Waals surface area contributed by atoms with Gasteiger partial charge in [0.2, 0.25) is 5.91 Å². The van der Waals surface area contributed by atoms with Crippen LogP contribution >= 0.6 is 27.7 Å². The van der Waals surface area contributed by atoms with Crippen molar-refractivity contribution in [3.63, 3.8) is 0 Å². The maximum Gasteiger partial charge on any atom is 0.238 e. The molecule has 2 rings (SSSR count). The number of carbonyl (C=O) groups excluding carboxylic acids is 1. The quantitative estimate of drug-likeness (QED) is 0.728. The zero-order valence-corrected chi connectivity index (χ0v) is 13.1. The van der Waals surface area contributed by atoms with E-state index in [0.29, 0.717) is 10.7 Å². The fourth-order valence-corrected chi connectivity index (χ4v) is 4.65. The Balaban J connectivity index is 1.90. The number of hydrogen-bond acceptors (Lipinski definition) is 2. The van der Waals surface area contributed by atoms with Crippen LogP contribution in [0.25, 0.3) is 0 Å². The van der Waals surface area contributed by atoms with Gasteiger partial charge in [0.25, 0.3) is 0 Å². The molecule has 0 aromatic heterocycles. The second-order valence-corrected chi connectivity index (χ2v) is 8.53. The Bertz CT molecular complexity index is 281. The molecule has 0 aromatic carbocycles. The Morgan fingerprint density at radius 1 is 1.47 bits per heavy atom. The van der Waals surface area contributed by atoms with E-state index >= 15 is 0 Å². The maximum atomic E-state index is 12.5. The van der Waals surface area contributed by atoms with E-state index in [0.717, 1.165) is 44.0 Å². The van der Waals surface area contributed by atoms with E-state index in [1.54, 1.807) is 0 Å². The molecule has 2 saturated heterocycles. The first-order valence-electron chi connectivity index (χ1n) is 6.60. The van der Waals surface area contributed by atoms with E-state index in [4.69, 9.17) is 0 Å². The number of rotatable bonds is 2. The zero-order chi connectivity index (χ0) is 12.5. The number of nitrogens with zero attached hydrogens (tertiary/aromatic N) is 1. The second-order valence-electron chi connectivity index (χ2n) is 5.49. The van der Waals surface area contributed by atoms with Crippen LogP contribution in [-0.2, 0) is 4.79 Å². The Morgan fingerprint density at radius 2 is 2.12 bits per heavy atom. The summed E-state index contributed by atoms with van der Waals surface area (Å²) in [6.45, 7) is 6.26. The van der Waals surface area contributed by atoms with Gasteiger partial charge < -0.3 is 4.90 Å². The minimum absolute atomic E-state index is 0.118. The van der Waals surface area contributed by atoms with Gasteiger partial charge in [-0.1, -0.05) is 22.9 Å². The van der Waals surface area contributed by atoms with Crippen molar-refractivity contribution in [1.29, 1.82) is 0 Å². The SMILES string of the molecule is CC(Br)C1CCN(C(=O)C2(C)CCCS2)CC1. The Hall–Kier alpha value is 0.300.